The maximum atomic E-state index is 12.1. The minimum Gasteiger partial charge on any atom is -0.356 e. The van der Waals surface area contributed by atoms with Gasteiger partial charge in [0.2, 0.25) is 5.91 Å². The first kappa shape index (κ1) is 17.0. The Morgan fingerprint density at radius 2 is 1.46 bits per heavy atom. The van der Waals surface area contributed by atoms with Gasteiger partial charge in [0.05, 0.1) is 0 Å². The summed E-state index contributed by atoms with van der Waals surface area (Å²) in [4.78, 5) is 28.0. The van der Waals surface area contributed by atoms with Crippen LogP contribution in [0.2, 0.25) is 0 Å². The van der Waals surface area contributed by atoms with E-state index in [1.807, 2.05) is 25.7 Å². The van der Waals surface area contributed by atoms with Crippen molar-refractivity contribution < 1.29 is 4.79 Å². The number of rotatable bonds is 3. The maximum Gasteiger partial charge on any atom is 0.225 e. The Morgan fingerprint density at radius 3 is 2.00 bits per heavy atom. The summed E-state index contributed by atoms with van der Waals surface area (Å²) < 4.78 is 0. The maximum absolute atomic E-state index is 12.1. The van der Waals surface area contributed by atoms with Crippen LogP contribution in [0.3, 0.4) is 0 Å². The summed E-state index contributed by atoms with van der Waals surface area (Å²) in [6.07, 6.45) is 3.81. The molecule has 2 aliphatic rings. The smallest absolute Gasteiger partial charge is 0.225 e. The van der Waals surface area contributed by atoms with E-state index in [-0.39, 0.29) is 11.8 Å². The summed E-state index contributed by atoms with van der Waals surface area (Å²) >= 11 is 0. The minimum atomic E-state index is 0.0727. The van der Waals surface area contributed by atoms with Gasteiger partial charge in [0.1, 0.15) is 17.5 Å². The van der Waals surface area contributed by atoms with Crippen LogP contribution in [0.4, 0.5) is 11.6 Å². The van der Waals surface area contributed by atoms with Crippen molar-refractivity contribution in [2.45, 2.75) is 40.0 Å². The van der Waals surface area contributed by atoms with Gasteiger partial charge in [-0.25, -0.2) is 9.97 Å². The van der Waals surface area contributed by atoms with Crippen LogP contribution in [0.5, 0.6) is 0 Å². The minimum absolute atomic E-state index is 0.0727. The molecule has 3 rings (SSSR count). The summed E-state index contributed by atoms with van der Waals surface area (Å²) in [6, 6.07) is 2.12. The molecule has 0 saturated carbocycles. The fourth-order valence-corrected chi connectivity index (χ4v) is 3.50. The van der Waals surface area contributed by atoms with E-state index in [4.69, 9.17) is 0 Å². The van der Waals surface area contributed by atoms with Crippen LogP contribution in [0, 0.1) is 12.8 Å². The molecule has 0 spiro atoms. The van der Waals surface area contributed by atoms with E-state index >= 15 is 0 Å². The van der Waals surface area contributed by atoms with Gasteiger partial charge >= 0.3 is 0 Å². The molecule has 6 heteroatoms. The van der Waals surface area contributed by atoms with E-state index in [1.54, 1.807) is 0 Å². The van der Waals surface area contributed by atoms with Gasteiger partial charge in [-0.1, -0.05) is 13.8 Å². The Kier molecular flexibility index (Phi) is 5.21. The molecule has 0 aromatic carbocycles. The lowest BCUT2D eigenvalue weighted by molar-refractivity contribution is -0.134. The molecule has 3 heterocycles. The van der Waals surface area contributed by atoms with Gasteiger partial charge in [0.15, 0.2) is 0 Å². The number of hydrogen-bond acceptors (Lipinski definition) is 5. The van der Waals surface area contributed by atoms with Crippen molar-refractivity contribution in [3.63, 3.8) is 0 Å². The molecule has 6 nitrogen and oxygen atoms in total. The second-order valence-corrected chi connectivity index (χ2v) is 7.15. The molecule has 0 unspecified atom stereocenters. The summed E-state index contributed by atoms with van der Waals surface area (Å²) in [5.41, 5.74) is 0. The fourth-order valence-electron chi connectivity index (χ4n) is 3.50. The first-order chi connectivity index (χ1) is 11.5. The molecule has 0 aliphatic carbocycles. The summed E-state index contributed by atoms with van der Waals surface area (Å²) in [7, 11) is 0. The summed E-state index contributed by atoms with van der Waals surface area (Å²) in [5.74, 6) is 3.21. The first-order valence-electron chi connectivity index (χ1n) is 9.19. The predicted molar refractivity (Wildman–Crippen MR) is 96.5 cm³/mol. The lowest BCUT2D eigenvalue weighted by Crippen LogP contribution is -2.50. The molecule has 1 aromatic heterocycles. The monoisotopic (exact) mass is 331 g/mol. The number of hydrogen-bond donors (Lipinski definition) is 0. The van der Waals surface area contributed by atoms with Crippen LogP contribution in [0.1, 0.15) is 38.9 Å². The third-order valence-electron chi connectivity index (χ3n) is 4.90. The van der Waals surface area contributed by atoms with Crippen molar-refractivity contribution in [2.24, 2.45) is 5.92 Å². The number of carbonyl (C=O) groups is 1. The molecule has 1 amide bonds. The molecule has 132 valence electrons. The number of piperazine rings is 1. The van der Waals surface area contributed by atoms with E-state index in [2.05, 4.69) is 25.8 Å². The SMILES string of the molecule is Cc1nc(N2CCCCC2)cc(N2CCN(C(=O)C(C)C)CC2)n1. The molecule has 0 N–H and O–H groups in total. The van der Waals surface area contributed by atoms with Gasteiger partial charge in [-0.2, -0.15) is 0 Å². The first-order valence-corrected chi connectivity index (χ1v) is 9.19. The van der Waals surface area contributed by atoms with Crippen molar-refractivity contribution in [1.82, 2.24) is 14.9 Å². The molecule has 0 atom stereocenters. The van der Waals surface area contributed by atoms with Crippen molar-refractivity contribution in [1.29, 1.82) is 0 Å². The fraction of sp³-hybridized carbons (Fsp3) is 0.722. The zero-order valence-corrected chi connectivity index (χ0v) is 15.2. The highest BCUT2D eigenvalue weighted by atomic mass is 16.2. The van der Waals surface area contributed by atoms with Crippen molar-refractivity contribution in [3.8, 4) is 0 Å². The lowest BCUT2D eigenvalue weighted by atomic mass is 10.1. The van der Waals surface area contributed by atoms with Gasteiger partial charge in [0.25, 0.3) is 0 Å². The molecule has 0 radical (unpaired) electrons. The zero-order valence-electron chi connectivity index (χ0n) is 15.2. The molecule has 24 heavy (non-hydrogen) atoms. The third kappa shape index (κ3) is 3.79. The summed E-state index contributed by atoms with van der Waals surface area (Å²) in [6.45, 7) is 11.3. The van der Waals surface area contributed by atoms with Crippen LogP contribution in [0.15, 0.2) is 6.07 Å². The van der Waals surface area contributed by atoms with Gasteiger partial charge in [-0.05, 0) is 26.2 Å². The van der Waals surface area contributed by atoms with E-state index < -0.39 is 0 Å². The highest BCUT2D eigenvalue weighted by Gasteiger charge is 2.24. The second-order valence-electron chi connectivity index (χ2n) is 7.15. The summed E-state index contributed by atoms with van der Waals surface area (Å²) in [5, 5.41) is 0. The Balaban J connectivity index is 1.69. The largest absolute Gasteiger partial charge is 0.356 e. The topological polar surface area (TPSA) is 52.6 Å². The number of amides is 1. The number of aryl methyl sites for hydroxylation is 1. The molecule has 2 fully saturated rings. The quantitative estimate of drug-likeness (QED) is 0.849. The lowest BCUT2D eigenvalue weighted by Gasteiger charge is -2.36. The number of anilines is 2. The standard InChI is InChI=1S/C18H29N5O/c1-14(2)18(24)23-11-9-22(10-12-23)17-13-16(19-15(3)20-17)21-7-5-4-6-8-21/h13-14H,4-12H2,1-3H3. The predicted octanol–water partition coefficient (Wildman–Crippen LogP) is 2.08. The van der Waals surface area contributed by atoms with E-state index in [0.717, 1.165) is 56.7 Å². The van der Waals surface area contributed by atoms with Gasteiger partial charge in [-0.3, -0.25) is 4.79 Å². The van der Waals surface area contributed by atoms with Crippen LogP contribution in [-0.2, 0) is 4.79 Å². The Labute approximate surface area is 144 Å². The van der Waals surface area contributed by atoms with E-state index in [9.17, 15) is 4.79 Å². The van der Waals surface area contributed by atoms with Crippen LogP contribution >= 0.6 is 0 Å². The van der Waals surface area contributed by atoms with Crippen LogP contribution < -0.4 is 9.80 Å². The van der Waals surface area contributed by atoms with E-state index in [0.29, 0.717) is 0 Å². The zero-order chi connectivity index (χ0) is 17.1. The van der Waals surface area contributed by atoms with Gasteiger partial charge in [0, 0.05) is 51.3 Å². The second kappa shape index (κ2) is 7.36. The third-order valence-corrected chi connectivity index (χ3v) is 4.90. The van der Waals surface area contributed by atoms with Crippen LogP contribution in [-0.4, -0.2) is 60.0 Å². The Morgan fingerprint density at radius 1 is 0.917 bits per heavy atom. The average molecular weight is 331 g/mol. The molecular formula is C18H29N5O. The van der Waals surface area contributed by atoms with E-state index in [1.165, 1.54) is 19.3 Å². The number of piperidine rings is 1. The highest BCUT2D eigenvalue weighted by Crippen LogP contribution is 2.23. The molecular weight excluding hydrogens is 302 g/mol. The average Bonchev–Trinajstić information content (AvgIpc) is 2.61. The van der Waals surface area contributed by atoms with Crippen LogP contribution in [0.25, 0.3) is 0 Å². The number of aromatic nitrogens is 2. The molecule has 2 aliphatic heterocycles. The van der Waals surface area contributed by atoms with Crippen molar-refractivity contribution in [3.05, 3.63) is 11.9 Å². The van der Waals surface area contributed by atoms with Crippen molar-refractivity contribution in [2.75, 3.05) is 49.1 Å². The number of carbonyl (C=O) groups excluding carboxylic acids is 1. The Bertz CT molecular complexity index is 575. The Hall–Kier alpha value is -1.85. The molecule has 2 saturated heterocycles. The normalized spacial score (nSPS) is 19.1. The molecule has 0 bridgehead atoms. The molecule has 1 aromatic rings. The van der Waals surface area contributed by atoms with Gasteiger partial charge < -0.3 is 14.7 Å². The van der Waals surface area contributed by atoms with Gasteiger partial charge in [-0.15, -0.1) is 0 Å². The van der Waals surface area contributed by atoms with Crippen molar-refractivity contribution >= 4 is 17.5 Å². The number of nitrogens with zero attached hydrogens (tertiary/aromatic N) is 5. The highest BCUT2D eigenvalue weighted by molar-refractivity contribution is 5.78.